The number of nitrogens with zero attached hydrogens (tertiary/aromatic N) is 1. The lowest BCUT2D eigenvalue weighted by molar-refractivity contribution is -0.128. The Bertz CT molecular complexity index is 1360. The van der Waals surface area contributed by atoms with Crippen LogP contribution < -0.4 is 30.9 Å². The van der Waals surface area contributed by atoms with Gasteiger partial charge in [0.25, 0.3) is 5.91 Å². The van der Waals surface area contributed by atoms with Gasteiger partial charge in [0.2, 0.25) is 23.6 Å². The topological polar surface area (TPSA) is 146 Å². The van der Waals surface area contributed by atoms with E-state index < -0.39 is 29.9 Å². The Morgan fingerprint density at radius 2 is 1.51 bits per heavy atom. The SMILES string of the molecule is CCCCCC(NC(=O)CNC(=O)CNC(=O)CNC(=O)CS)Oc1ccc2c(c1)C(CC)C(C)N2C(=O)c1ccc(Cl)cc1. The number of carbonyl (C=O) groups is 5. The summed E-state index contributed by atoms with van der Waals surface area (Å²) in [6, 6.07) is 12.4. The molecule has 3 rings (SSSR count). The van der Waals surface area contributed by atoms with Crippen LogP contribution in [0.15, 0.2) is 42.5 Å². The van der Waals surface area contributed by atoms with Gasteiger partial charge in [-0.2, -0.15) is 12.6 Å². The quantitative estimate of drug-likeness (QED) is 0.106. The number of nitrogens with one attached hydrogen (secondary N) is 4. The lowest BCUT2D eigenvalue weighted by Crippen LogP contribution is -2.47. The summed E-state index contributed by atoms with van der Waals surface area (Å²) >= 11 is 9.83. The molecular weight excluding hydrogens is 618 g/mol. The molecule has 5 amide bonds. The predicted molar refractivity (Wildman–Crippen MR) is 177 cm³/mol. The number of halogens is 1. The van der Waals surface area contributed by atoms with Crippen molar-refractivity contribution in [2.24, 2.45) is 0 Å². The second-order valence-electron chi connectivity index (χ2n) is 10.8. The standard InChI is InChI=1S/C32H42ClN5O6S/c1-4-6-7-8-31(37-29(41)18-35-27(39)16-34-28(40)17-36-30(42)19-45)44-23-13-14-26-25(15-23)24(5-2)20(3)38(26)32(43)21-9-11-22(33)12-10-21/h9-15,20,24,31,45H,4-8,16-19H2,1-3H3,(H,34,40)(H,35,39)(H,36,42)(H,37,41). The van der Waals surface area contributed by atoms with Crippen LogP contribution in [0.3, 0.4) is 0 Å². The number of benzene rings is 2. The van der Waals surface area contributed by atoms with Crippen molar-refractivity contribution in [3.8, 4) is 5.75 Å². The number of hydrogen-bond acceptors (Lipinski definition) is 7. The second-order valence-corrected chi connectivity index (χ2v) is 11.6. The summed E-state index contributed by atoms with van der Waals surface area (Å²) in [5.41, 5.74) is 2.38. The van der Waals surface area contributed by atoms with E-state index in [0.29, 0.717) is 22.8 Å². The summed E-state index contributed by atoms with van der Waals surface area (Å²) in [4.78, 5) is 63.1. The summed E-state index contributed by atoms with van der Waals surface area (Å²) in [5.74, 6) is -1.44. The van der Waals surface area contributed by atoms with E-state index in [9.17, 15) is 24.0 Å². The van der Waals surface area contributed by atoms with Crippen LogP contribution in [-0.4, -0.2) is 67.2 Å². The van der Waals surface area contributed by atoms with E-state index in [2.05, 4.69) is 47.7 Å². The molecule has 0 aromatic heterocycles. The summed E-state index contributed by atoms with van der Waals surface area (Å²) in [5, 5.41) is 10.6. The monoisotopic (exact) mass is 659 g/mol. The molecule has 0 radical (unpaired) electrons. The van der Waals surface area contributed by atoms with Crippen molar-refractivity contribution in [3.63, 3.8) is 0 Å². The Balaban J connectivity index is 1.63. The summed E-state index contributed by atoms with van der Waals surface area (Å²) < 4.78 is 6.26. The molecule has 3 atom stereocenters. The predicted octanol–water partition coefficient (Wildman–Crippen LogP) is 3.56. The normalized spacial score (nSPS) is 15.9. The Hall–Kier alpha value is -3.77. The van der Waals surface area contributed by atoms with Gasteiger partial charge in [-0.25, -0.2) is 0 Å². The second kappa shape index (κ2) is 17.6. The highest BCUT2D eigenvalue weighted by Crippen LogP contribution is 2.45. The van der Waals surface area contributed by atoms with Gasteiger partial charge in [-0.1, -0.05) is 38.3 Å². The largest absolute Gasteiger partial charge is 0.471 e. The molecule has 1 aliphatic heterocycles. The van der Waals surface area contributed by atoms with Crippen LogP contribution >= 0.6 is 24.2 Å². The van der Waals surface area contributed by atoms with Gasteiger partial charge < -0.3 is 30.9 Å². The van der Waals surface area contributed by atoms with Gasteiger partial charge in [-0.05, 0) is 67.8 Å². The van der Waals surface area contributed by atoms with E-state index in [1.165, 1.54) is 0 Å². The zero-order valence-electron chi connectivity index (χ0n) is 25.9. The average Bonchev–Trinajstić information content (AvgIpc) is 3.31. The van der Waals surface area contributed by atoms with Gasteiger partial charge in [0, 0.05) is 34.7 Å². The van der Waals surface area contributed by atoms with E-state index in [0.717, 1.165) is 36.9 Å². The van der Waals surface area contributed by atoms with Crippen molar-refractivity contribution < 1.29 is 28.7 Å². The molecule has 2 aromatic rings. The van der Waals surface area contributed by atoms with E-state index >= 15 is 0 Å². The maximum Gasteiger partial charge on any atom is 0.258 e. The summed E-state index contributed by atoms with van der Waals surface area (Å²) in [6.07, 6.45) is 3.53. The molecule has 45 heavy (non-hydrogen) atoms. The van der Waals surface area contributed by atoms with Crippen molar-refractivity contribution in [2.75, 3.05) is 30.3 Å². The molecule has 0 fully saturated rings. The van der Waals surface area contributed by atoms with Crippen molar-refractivity contribution in [1.29, 1.82) is 0 Å². The number of amides is 5. The van der Waals surface area contributed by atoms with Crippen LogP contribution in [0, 0.1) is 0 Å². The molecule has 0 spiro atoms. The number of unbranched alkanes of at least 4 members (excludes halogenated alkanes) is 2. The number of thiol groups is 1. The van der Waals surface area contributed by atoms with Gasteiger partial charge in [0.1, 0.15) is 5.75 Å². The minimum Gasteiger partial charge on any atom is -0.471 e. The molecular formula is C32H42ClN5O6S. The Morgan fingerprint density at radius 1 is 0.889 bits per heavy atom. The smallest absolute Gasteiger partial charge is 0.258 e. The molecule has 0 saturated carbocycles. The summed E-state index contributed by atoms with van der Waals surface area (Å²) in [7, 11) is 0. The maximum atomic E-state index is 13.5. The number of rotatable bonds is 16. The van der Waals surface area contributed by atoms with Crippen LogP contribution in [0.5, 0.6) is 5.75 Å². The lowest BCUT2D eigenvalue weighted by Gasteiger charge is -2.25. The highest BCUT2D eigenvalue weighted by molar-refractivity contribution is 7.81. The van der Waals surface area contributed by atoms with Gasteiger partial charge in [0.05, 0.1) is 25.4 Å². The lowest BCUT2D eigenvalue weighted by atomic mass is 9.93. The van der Waals surface area contributed by atoms with Crippen molar-refractivity contribution in [1.82, 2.24) is 21.3 Å². The third kappa shape index (κ3) is 10.4. The first-order chi connectivity index (χ1) is 21.6. The van der Waals surface area contributed by atoms with Crippen LogP contribution in [0.2, 0.25) is 5.02 Å². The zero-order valence-corrected chi connectivity index (χ0v) is 27.5. The molecule has 0 bridgehead atoms. The third-order valence-electron chi connectivity index (χ3n) is 7.55. The fraction of sp³-hybridized carbons (Fsp3) is 0.469. The highest BCUT2D eigenvalue weighted by atomic mass is 35.5. The molecule has 4 N–H and O–H groups in total. The van der Waals surface area contributed by atoms with Crippen molar-refractivity contribution in [3.05, 3.63) is 58.6 Å². The first-order valence-electron chi connectivity index (χ1n) is 15.2. The van der Waals surface area contributed by atoms with Gasteiger partial charge in [0.15, 0.2) is 6.23 Å². The molecule has 1 heterocycles. The van der Waals surface area contributed by atoms with Gasteiger partial charge >= 0.3 is 0 Å². The minimum absolute atomic E-state index is 0.0539. The zero-order chi connectivity index (χ0) is 32.9. The molecule has 11 nitrogen and oxygen atoms in total. The van der Waals surface area contributed by atoms with E-state index in [-0.39, 0.29) is 43.3 Å². The molecule has 3 unspecified atom stereocenters. The fourth-order valence-corrected chi connectivity index (χ4v) is 5.46. The number of anilines is 1. The molecule has 0 saturated heterocycles. The maximum absolute atomic E-state index is 13.5. The van der Waals surface area contributed by atoms with E-state index in [1.807, 2.05) is 24.0 Å². The molecule has 2 aromatic carbocycles. The molecule has 1 aliphatic rings. The summed E-state index contributed by atoms with van der Waals surface area (Å²) in [6.45, 7) is 5.28. The fourth-order valence-electron chi connectivity index (χ4n) is 5.22. The number of fused-ring (bicyclic) bond motifs is 1. The first-order valence-corrected chi connectivity index (χ1v) is 16.2. The number of ether oxygens (including phenoxy) is 1. The number of carbonyl (C=O) groups excluding carboxylic acids is 5. The van der Waals surface area contributed by atoms with Crippen LogP contribution in [0.25, 0.3) is 0 Å². The van der Waals surface area contributed by atoms with Gasteiger partial charge in [-0.15, -0.1) is 0 Å². The average molecular weight is 660 g/mol. The van der Waals surface area contributed by atoms with Crippen LogP contribution in [-0.2, 0) is 19.2 Å². The highest BCUT2D eigenvalue weighted by Gasteiger charge is 2.38. The Kier molecular flexibility index (Phi) is 14.0. The van der Waals surface area contributed by atoms with E-state index in [1.54, 1.807) is 30.3 Å². The van der Waals surface area contributed by atoms with Crippen molar-refractivity contribution in [2.45, 2.75) is 71.1 Å². The Morgan fingerprint density at radius 3 is 2.11 bits per heavy atom. The third-order valence-corrected chi connectivity index (χ3v) is 8.09. The minimum atomic E-state index is -0.639. The van der Waals surface area contributed by atoms with E-state index in [4.69, 9.17) is 16.3 Å². The molecule has 0 aliphatic carbocycles. The van der Waals surface area contributed by atoms with Crippen LogP contribution in [0.1, 0.15) is 74.7 Å². The number of hydrogen-bond donors (Lipinski definition) is 5. The van der Waals surface area contributed by atoms with Gasteiger partial charge in [-0.3, -0.25) is 24.0 Å². The Labute approximate surface area is 274 Å². The van der Waals surface area contributed by atoms with Crippen molar-refractivity contribution >= 4 is 59.5 Å². The molecule has 13 heteroatoms. The first kappa shape index (κ1) is 35.7. The molecule has 244 valence electrons. The van der Waals surface area contributed by atoms with Crippen LogP contribution in [0.4, 0.5) is 5.69 Å².